The predicted molar refractivity (Wildman–Crippen MR) is 71.4 cm³/mol. The van der Waals surface area contributed by atoms with E-state index in [4.69, 9.17) is 23.7 Å². The Bertz CT molecular complexity index is 596. The number of hydrogen-bond acceptors (Lipinski definition) is 4. The lowest BCUT2D eigenvalue weighted by atomic mass is 10.1. The molecular formula is C10H13N3O3S2. The molecule has 1 aromatic carbocycles. The summed E-state index contributed by atoms with van der Waals surface area (Å²) in [6.45, 7) is 1.17. The number of rotatable bonds is 5. The summed E-state index contributed by atoms with van der Waals surface area (Å²) >= 11 is 4.80. The molecule has 0 aliphatic heterocycles. The fourth-order valence-corrected chi connectivity index (χ4v) is 2.69. The van der Waals surface area contributed by atoms with Crippen molar-refractivity contribution in [1.82, 2.24) is 4.72 Å². The number of benzene rings is 1. The lowest BCUT2D eigenvalue weighted by molar-refractivity contribution is -0.116. The van der Waals surface area contributed by atoms with E-state index in [0.717, 1.165) is 0 Å². The van der Waals surface area contributed by atoms with Crippen LogP contribution >= 0.6 is 12.2 Å². The Morgan fingerprint density at radius 1 is 1.39 bits per heavy atom. The van der Waals surface area contributed by atoms with E-state index in [1.807, 2.05) is 0 Å². The van der Waals surface area contributed by atoms with Crippen LogP contribution in [0.3, 0.4) is 0 Å². The number of nitrogens with one attached hydrogen (secondary N) is 1. The molecule has 1 aromatic rings. The smallest absolute Gasteiger partial charge is 0.241 e. The number of nitrogens with two attached hydrogens (primary N) is 2. The van der Waals surface area contributed by atoms with Crippen molar-refractivity contribution in [1.29, 1.82) is 0 Å². The summed E-state index contributed by atoms with van der Waals surface area (Å²) in [4.78, 5) is 10.8. The predicted octanol–water partition coefficient (Wildman–Crippen LogP) is -0.607. The molecule has 0 saturated carbocycles. The maximum Gasteiger partial charge on any atom is 0.241 e. The molecule has 5 N–H and O–H groups in total. The third kappa shape index (κ3) is 3.49. The molecule has 98 valence electrons. The molecule has 0 aromatic heterocycles. The van der Waals surface area contributed by atoms with Crippen LogP contribution in [0.4, 0.5) is 0 Å². The normalized spacial score (nSPS) is 11.2. The highest BCUT2D eigenvalue weighted by molar-refractivity contribution is 7.89. The van der Waals surface area contributed by atoms with Gasteiger partial charge in [0.15, 0.2) is 0 Å². The van der Waals surface area contributed by atoms with Gasteiger partial charge in [-0.05, 0) is 24.6 Å². The minimum absolute atomic E-state index is 0.0590. The number of thiocarbonyl (C=S) groups is 1. The van der Waals surface area contributed by atoms with Crippen LogP contribution in [-0.2, 0) is 14.8 Å². The number of amides is 1. The second kappa shape index (κ2) is 5.42. The molecule has 0 aliphatic rings. The maximum absolute atomic E-state index is 11.9. The Labute approximate surface area is 110 Å². The Morgan fingerprint density at radius 2 is 2.00 bits per heavy atom. The lowest BCUT2D eigenvalue weighted by Gasteiger charge is -2.09. The fourth-order valence-electron chi connectivity index (χ4n) is 1.35. The SMILES string of the molecule is Cc1cc(C(N)=S)ccc1S(=O)(=O)NCC(N)=O. The van der Waals surface area contributed by atoms with Crippen molar-refractivity contribution < 1.29 is 13.2 Å². The second-order valence-electron chi connectivity index (χ2n) is 3.64. The molecule has 6 nitrogen and oxygen atoms in total. The molecule has 8 heteroatoms. The average molecular weight is 287 g/mol. The van der Waals surface area contributed by atoms with Crippen LogP contribution in [0.1, 0.15) is 11.1 Å². The average Bonchev–Trinajstić information content (AvgIpc) is 2.26. The molecular weight excluding hydrogens is 274 g/mol. The lowest BCUT2D eigenvalue weighted by Crippen LogP contribution is -2.33. The number of aryl methyl sites for hydroxylation is 1. The van der Waals surface area contributed by atoms with Crippen molar-refractivity contribution in [3.05, 3.63) is 29.3 Å². The van der Waals surface area contributed by atoms with E-state index in [1.54, 1.807) is 13.0 Å². The van der Waals surface area contributed by atoms with Gasteiger partial charge in [-0.15, -0.1) is 0 Å². The number of hydrogen-bond donors (Lipinski definition) is 3. The zero-order valence-electron chi connectivity index (χ0n) is 9.64. The van der Waals surface area contributed by atoms with E-state index in [1.165, 1.54) is 12.1 Å². The van der Waals surface area contributed by atoms with Crippen LogP contribution in [0.5, 0.6) is 0 Å². The first-order valence-corrected chi connectivity index (χ1v) is 6.81. The molecule has 0 spiro atoms. The summed E-state index contributed by atoms with van der Waals surface area (Å²) in [5.74, 6) is -0.754. The summed E-state index contributed by atoms with van der Waals surface area (Å²) in [5, 5.41) is 0. The minimum atomic E-state index is -3.76. The first kappa shape index (κ1) is 14.6. The summed E-state index contributed by atoms with van der Waals surface area (Å²) in [6, 6.07) is 4.46. The van der Waals surface area contributed by atoms with Gasteiger partial charge in [0.05, 0.1) is 11.4 Å². The monoisotopic (exact) mass is 287 g/mol. The van der Waals surface area contributed by atoms with E-state index in [9.17, 15) is 13.2 Å². The van der Waals surface area contributed by atoms with Gasteiger partial charge in [-0.25, -0.2) is 13.1 Å². The Balaban J connectivity index is 3.10. The number of carbonyl (C=O) groups is 1. The summed E-state index contributed by atoms with van der Waals surface area (Å²) < 4.78 is 25.8. The molecule has 0 heterocycles. The summed E-state index contributed by atoms with van der Waals surface area (Å²) in [7, 11) is -3.76. The third-order valence-corrected chi connectivity index (χ3v) is 3.98. The van der Waals surface area contributed by atoms with Gasteiger partial charge < -0.3 is 11.5 Å². The van der Waals surface area contributed by atoms with Crippen molar-refractivity contribution in [3.63, 3.8) is 0 Å². The van der Waals surface area contributed by atoms with E-state index in [0.29, 0.717) is 11.1 Å². The van der Waals surface area contributed by atoms with Crippen molar-refractivity contribution in [2.75, 3.05) is 6.54 Å². The van der Waals surface area contributed by atoms with Gasteiger partial charge in [0.1, 0.15) is 4.99 Å². The van der Waals surface area contributed by atoms with Gasteiger partial charge in [0.25, 0.3) is 0 Å². The quantitative estimate of drug-likeness (QED) is 0.625. The fraction of sp³-hybridized carbons (Fsp3) is 0.200. The van der Waals surface area contributed by atoms with Gasteiger partial charge >= 0.3 is 0 Å². The van der Waals surface area contributed by atoms with Gasteiger partial charge in [-0.2, -0.15) is 0 Å². The Kier molecular flexibility index (Phi) is 4.38. The maximum atomic E-state index is 11.9. The van der Waals surface area contributed by atoms with Gasteiger partial charge in [-0.1, -0.05) is 18.3 Å². The molecule has 1 amide bonds. The van der Waals surface area contributed by atoms with Crippen molar-refractivity contribution >= 4 is 33.1 Å². The van der Waals surface area contributed by atoms with E-state index < -0.39 is 22.5 Å². The molecule has 0 saturated heterocycles. The highest BCUT2D eigenvalue weighted by atomic mass is 32.2. The molecule has 0 radical (unpaired) electrons. The number of carbonyl (C=O) groups excluding carboxylic acids is 1. The van der Waals surface area contributed by atoms with Crippen LogP contribution in [0.15, 0.2) is 23.1 Å². The van der Waals surface area contributed by atoms with Crippen LogP contribution < -0.4 is 16.2 Å². The first-order valence-electron chi connectivity index (χ1n) is 4.92. The van der Waals surface area contributed by atoms with Crippen LogP contribution in [0, 0.1) is 6.92 Å². The highest BCUT2D eigenvalue weighted by Crippen LogP contribution is 2.16. The number of sulfonamides is 1. The van der Waals surface area contributed by atoms with E-state index in [-0.39, 0.29) is 9.88 Å². The van der Waals surface area contributed by atoms with Crippen LogP contribution in [-0.4, -0.2) is 25.9 Å². The van der Waals surface area contributed by atoms with Crippen molar-refractivity contribution in [2.24, 2.45) is 11.5 Å². The Hall–Kier alpha value is -1.51. The molecule has 0 atom stereocenters. The van der Waals surface area contributed by atoms with Crippen molar-refractivity contribution in [2.45, 2.75) is 11.8 Å². The highest BCUT2D eigenvalue weighted by Gasteiger charge is 2.17. The van der Waals surface area contributed by atoms with Gasteiger partial charge in [-0.3, -0.25) is 4.79 Å². The largest absolute Gasteiger partial charge is 0.389 e. The van der Waals surface area contributed by atoms with Crippen LogP contribution in [0.25, 0.3) is 0 Å². The Morgan fingerprint density at radius 3 is 2.44 bits per heavy atom. The molecule has 18 heavy (non-hydrogen) atoms. The van der Waals surface area contributed by atoms with Gasteiger partial charge in [0, 0.05) is 5.56 Å². The number of primary amides is 1. The second-order valence-corrected chi connectivity index (χ2v) is 5.81. The molecule has 1 rings (SSSR count). The minimum Gasteiger partial charge on any atom is -0.389 e. The van der Waals surface area contributed by atoms with Crippen molar-refractivity contribution in [3.8, 4) is 0 Å². The van der Waals surface area contributed by atoms with Crippen LogP contribution in [0.2, 0.25) is 0 Å². The summed E-state index contributed by atoms with van der Waals surface area (Å²) in [6.07, 6.45) is 0. The zero-order valence-corrected chi connectivity index (χ0v) is 11.3. The van der Waals surface area contributed by atoms with Gasteiger partial charge in [0.2, 0.25) is 15.9 Å². The summed E-state index contributed by atoms with van der Waals surface area (Å²) in [5.41, 5.74) is 11.4. The van der Waals surface area contributed by atoms with E-state index in [2.05, 4.69) is 4.72 Å². The topological polar surface area (TPSA) is 115 Å². The molecule has 0 aliphatic carbocycles. The molecule has 0 fully saturated rings. The third-order valence-electron chi connectivity index (χ3n) is 2.19. The molecule has 0 bridgehead atoms. The molecule has 0 unspecified atom stereocenters. The van der Waals surface area contributed by atoms with E-state index >= 15 is 0 Å². The first-order chi connectivity index (χ1) is 8.24. The standard InChI is InChI=1S/C10H13N3O3S2/c1-6-4-7(10(12)17)2-3-8(6)18(15,16)13-5-9(11)14/h2-4,13H,5H2,1H3,(H2,11,14)(H2,12,17). The zero-order chi connectivity index (χ0) is 13.9.